The molecule has 2 nitrogen and oxygen atoms in total. The van der Waals surface area contributed by atoms with Gasteiger partial charge in [-0.2, -0.15) is 0 Å². The van der Waals surface area contributed by atoms with Crippen molar-refractivity contribution in [1.29, 1.82) is 0 Å². The van der Waals surface area contributed by atoms with Crippen LogP contribution in [0, 0.1) is 0 Å². The Morgan fingerprint density at radius 3 is 2.21 bits per heavy atom. The van der Waals surface area contributed by atoms with Gasteiger partial charge in [0.25, 0.3) is 0 Å². The molecule has 0 radical (unpaired) electrons. The van der Waals surface area contributed by atoms with E-state index in [0.29, 0.717) is 0 Å². The fraction of sp³-hybridized carbons (Fsp3) is 0.647. The van der Waals surface area contributed by atoms with E-state index in [1.807, 2.05) is 6.07 Å². The normalized spacial score (nSPS) is 18.7. The van der Waals surface area contributed by atoms with Gasteiger partial charge in [-0.1, -0.05) is 44.2 Å². The van der Waals surface area contributed by atoms with Crippen LogP contribution in [-0.4, -0.2) is 34.7 Å². The summed E-state index contributed by atoms with van der Waals surface area (Å²) >= 11 is 0. The summed E-state index contributed by atoms with van der Waals surface area (Å²) in [5.41, 5.74) is 1.20. The summed E-state index contributed by atoms with van der Waals surface area (Å²) in [6.07, 6.45) is 5.09. The van der Waals surface area contributed by atoms with Gasteiger partial charge in [0.2, 0.25) is 0 Å². The Labute approximate surface area is 117 Å². The van der Waals surface area contributed by atoms with E-state index in [0.717, 1.165) is 32.4 Å². The van der Waals surface area contributed by atoms with Gasteiger partial charge in [-0.25, -0.2) is 0 Å². The number of aliphatic hydroxyl groups is 1. The summed E-state index contributed by atoms with van der Waals surface area (Å²) in [5.74, 6) is 0. The minimum Gasteiger partial charge on any atom is -0.391 e. The van der Waals surface area contributed by atoms with Gasteiger partial charge in [0.05, 0.1) is 6.10 Å². The Kier molecular flexibility index (Phi) is 5.00. The fourth-order valence-electron chi connectivity index (χ4n) is 3.57. The molecule has 0 spiro atoms. The van der Waals surface area contributed by atoms with Crippen molar-refractivity contribution < 1.29 is 5.11 Å². The maximum Gasteiger partial charge on any atom is 0.0763 e. The highest BCUT2D eigenvalue weighted by molar-refractivity contribution is 5.17. The molecule has 0 aromatic heterocycles. The van der Waals surface area contributed by atoms with Crippen molar-refractivity contribution >= 4 is 0 Å². The smallest absolute Gasteiger partial charge is 0.0763 e. The van der Waals surface area contributed by atoms with E-state index in [-0.39, 0.29) is 11.6 Å². The van der Waals surface area contributed by atoms with Crippen LogP contribution in [0.3, 0.4) is 0 Å². The Bertz CT molecular complexity index is 366. The first-order valence-corrected chi connectivity index (χ1v) is 7.70. The van der Waals surface area contributed by atoms with Gasteiger partial charge in [0.1, 0.15) is 0 Å². The Morgan fingerprint density at radius 2 is 1.68 bits per heavy atom. The number of hydrogen-bond donors (Lipinski definition) is 1. The number of benzene rings is 1. The lowest BCUT2D eigenvalue weighted by Gasteiger charge is -2.44. The molecular formula is C17H27NO. The lowest BCUT2D eigenvalue weighted by atomic mass is 9.82. The Balaban J connectivity index is 2.13. The predicted molar refractivity (Wildman–Crippen MR) is 80.3 cm³/mol. The van der Waals surface area contributed by atoms with E-state index in [1.54, 1.807) is 0 Å². The molecule has 1 unspecified atom stereocenters. The molecule has 1 aliphatic heterocycles. The second kappa shape index (κ2) is 6.53. The van der Waals surface area contributed by atoms with Gasteiger partial charge >= 0.3 is 0 Å². The molecule has 2 rings (SSSR count). The average Bonchev–Trinajstić information content (AvgIpc) is 2.96. The van der Waals surface area contributed by atoms with Crippen molar-refractivity contribution in [3.8, 4) is 0 Å². The number of hydrogen-bond acceptors (Lipinski definition) is 2. The lowest BCUT2D eigenvalue weighted by Crippen LogP contribution is -2.55. The highest BCUT2D eigenvalue weighted by Gasteiger charge is 2.41. The van der Waals surface area contributed by atoms with Crippen LogP contribution >= 0.6 is 0 Å². The van der Waals surface area contributed by atoms with Gasteiger partial charge in [-0.15, -0.1) is 0 Å². The molecule has 106 valence electrons. The first kappa shape index (κ1) is 14.5. The van der Waals surface area contributed by atoms with Crippen LogP contribution in [0.1, 0.15) is 45.1 Å². The van der Waals surface area contributed by atoms with Crippen molar-refractivity contribution in [3.05, 3.63) is 35.9 Å². The predicted octanol–water partition coefficient (Wildman–Crippen LogP) is 3.24. The molecule has 0 amide bonds. The van der Waals surface area contributed by atoms with E-state index in [9.17, 15) is 5.11 Å². The van der Waals surface area contributed by atoms with Crippen LogP contribution in [0.2, 0.25) is 0 Å². The third-order valence-electron chi connectivity index (χ3n) is 4.85. The monoisotopic (exact) mass is 261 g/mol. The zero-order valence-electron chi connectivity index (χ0n) is 12.3. The van der Waals surface area contributed by atoms with Gasteiger partial charge in [-0.3, -0.25) is 4.90 Å². The largest absolute Gasteiger partial charge is 0.391 e. The summed E-state index contributed by atoms with van der Waals surface area (Å²) in [5, 5.41) is 10.8. The third-order valence-corrected chi connectivity index (χ3v) is 4.85. The van der Waals surface area contributed by atoms with E-state index in [1.165, 1.54) is 18.4 Å². The molecule has 1 N–H and O–H groups in total. The quantitative estimate of drug-likeness (QED) is 0.849. The SMILES string of the molecule is CCC(CC)(C(O)Cc1ccccc1)N1CCCC1. The molecule has 1 aromatic rings. The molecule has 0 bridgehead atoms. The highest BCUT2D eigenvalue weighted by Crippen LogP contribution is 2.33. The second-order valence-electron chi connectivity index (χ2n) is 5.71. The highest BCUT2D eigenvalue weighted by atomic mass is 16.3. The molecule has 1 atom stereocenters. The van der Waals surface area contributed by atoms with Crippen molar-refractivity contribution in [3.63, 3.8) is 0 Å². The molecule has 2 heteroatoms. The Morgan fingerprint density at radius 1 is 1.11 bits per heavy atom. The molecule has 1 heterocycles. The number of rotatable bonds is 6. The standard InChI is InChI=1S/C17H27NO/c1-3-17(4-2,18-12-8-9-13-18)16(19)14-15-10-6-5-7-11-15/h5-7,10-11,16,19H,3-4,8-9,12-14H2,1-2H3. The molecule has 1 aliphatic rings. The van der Waals surface area contributed by atoms with E-state index in [4.69, 9.17) is 0 Å². The fourth-order valence-corrected chi connectivity index (χ4v) is 3.57. The van der Waals surface area contributed by atoms with Crippen LogP contribution in [0.5, 0.6) is 0 Å². The molecule has 0 aliphatic carbocycles. The van der Waals surface area contributed by atoms with Gasteiger partial charge in [0, 0.05) is 12.0 Å². The van der Waals surface area contributed by atoms with E-state index < -0.39 is 0 Å². The van der Waals surface area contributed by atoms with Crippen molar-refractivity contribution in [1.82, 2.24) is 4.90 Å². The Hall–Kier alpha value is -0.860. The van der Waals surface area contributed by atoms with Gasteiger partial charge < -0.3 is 5.11 Å². The van der Waals surface area contributed by atoms with Crippen LogP contribution in [0.4, 0.5) is 0 Å². The topological polar surface area (TPSA) is 23.5 Å². The minimum absolute atomic E-state index is 0.0354. The maximum absolute atomic E-state index is 10.8. The molecule has 1 aromatic carbocycles. The first-order valence-electron chi connectivity index (χ1n) is 7.70. The van der Waals surface area contributed by atoms with Gasteiger partial charge in [0.15, 0.2) is 0 Å². The first-order chi connectivity index (χ1) is 9.23. The summed E-state index contributed by atoms with van der Waals surface area (Å²) < 4.78 is 0. The molecule has 0 saturated carbocycles. The van der Waals surface area contributed by atoms with Crippen LogP contribution in [0.25, 0.3) is 0 Å². The second-order valence-corrected chi connectivity index (χ2v) is 5.71. The number of likely N-dealkylation sites (tertiary alicyclic amines) is 1. The maximum atomic E-state index is 10.8. The van der Waals surface area contributed by atoms with Gasteiger partial charge in [-0.05, 0) is 44.3 Å². The third kappa shape index (κ3) is 3.01. The van der Waals surface area contributed by atoms with Crippen molar-refractivity contribution in [2.24, 2.45) is 0 Å². The van der Waals surface area contributed by atoms with Crippen LogP contribution < -0.4 is 0 Å². The summed E-state index contributed by atoms with van der Waals surface area (Å²) in [7, 11) is 0. The number of aliphatic hydroxyl groups excluding tert-OH is 1. The summed E-state index contributed by atoms with van der Waals surface area (Å²) in [6.45, 7) is 6.73. The molecule has 19 heavy (non-hydrogen) atoms. The average molecular weight is 261 g/mol. The molecule has 1 saturated heterocycles. The van der Waals surface area contributed by atoms with Crippen molar-refractivity contribution in [2.75, 3.05) is 13.1 Å². The van der Waals surface area contributed by atoms with E-state index in [2.05, 4.69) is 43.0 Å². The van der Waals surface area contributed by atoms with E-state index >= 15 is 0 Å². The zero-order valence-corrected chi connectivity index (χ0v) is 12.3. The summed E-state index contributed by atoms with van der Waals surface area (Å²) in [6, 6.07) is 10.4. The van der Waals surface area contributed by atoms with Crippen LogP contribution in [-0.2, 0) is 6.42 Å². The lowest BCUT2D eigenvalue weighted by molar-refractivity contribution is -0.0269. The van der Waals surface area contributed by atoms with Crippen LogP contribution in [0.15, 0.2) is 30.3 Å². The molecule has 1 fully saturated rings. The molecular weight excluding hydrogens is 234 g/mol. The van der Waals surface area contributed by atoms with Crippen molar-refractivity contribution in [2.45, 2.75) is 57.6 Å². The zero-order chi connectivity index (χ0) is 13.7. The summed E-state index contributed by atoms with van der Waals surface area (Å²) in [4.78, 5) is 2.53. The number of nitrogens with zero attached hydrogens (tertiary/aromatic N) is 1. The minimum atomic E-state index is -0.275.